The van der Waals surface area contributed by atoms with Crippen molar-refractivity contribution >= 4 is 29.1 Å². The molecule has 3 aromatic carbocycles. The van der Waals surface area contributed by atoms with E-state index in [1.807, 2.05) is 48.5 Å². The zero-order valence-corrected chi connectivity index (χ0v) is 18.2. The fourth-order valence-electron chi connectivity index (χ4n) is 3.14. The molecule has 7 heteroatoms. The average molecular weight is 452 g/mol. The van der Waals surface area contributed by atoms with Crippen LogP contribution in [-0.4, -0.2) is 23.0 Å². The molecule has 31 heavy (non-hydrogen) atoms. The fourth-order valence-corrected chi connectivity index (χ4v) is 3.53. The Hall–Kier alpha value is -3.28. The molecule has 0 atom stereocenters. The molecule has 0 radical (unpaired) electrons. The highest BCUT2D eigenvalue weighted by Gasteiger charge is 2.12. The van der Waals surface area contributed by atoms with Crippen molar-refractivity contribution in [2.45, 2.75) is 6.54 Å². The zero-order valence-electron chi connectivity index (χ0n) is 16.7. The molecule has 0 saturated carbocycles. The molecular weight excluding hydrogens is 433 g/mol. The van der Waals surface area contributed by atoms with E-state index in [1.54, 1.807) is 31.5 Å². The number of benzene rings is 3. The summed E-state index contributed by atoms with van der Waals surface area (Å²) in [6.07, 6.45) is 1.80. The highest BCUT2D eigenvalue weighted by Crippen LogP contribution is 2.26. The standard InChI is InChI=1S/C24H19Cl2N3O2/c1-31-18-5-2-4-17(12-18)21-14-27-23(29-21)16-10-8-15(9-11-16)13-28-24(30)19-6-3-7-20(25)22(19)26/h2-12,14H,13H2,1H3,(H,27,29)(H,28,30). The molecule has 1 amide bonds. The van der Waals surface area contributed by atoms with Crippen LogP contribution >= 0.6 is 23.2 Å². The van der Waals surface area contributed by atoms with Gasteiger partial charge in [-0.25, -0.2) is 4.98 Å². The third-order valence-corrected chi connectivity index (χ3v) is 5.65. The second kappa shape index (κ2) is 9.25. The van der Waals surface area contributed by atoms with Crippen LogP contribution in [-0.2, 0) is 6.54 Å². The lowest BCUT2D eigenvalue weighted by atomic mass is 10.1. The molecule has 0 saturated heterocycles. The maximum atomic E-state index is 12.4. The third kappa shape index (κ3) is 4.74. The van der Waals surface area contributed by atoms with Crippen LogP contribution in [0.15, 0.2) is 72.9 Å². The van der Waals surface area contributed by atoms with Crippen molar-refractivity contribution in [3.63, 3.8) is 0 Å². The van der Waals surface area contributed by atoms with E-state index in [1.165, 1.54) is 0 Å². The molecule has 0 spiro atoms. The van der Waals surface area contributed by atoms with Gasteiger partial charge in [-0.1, -0.05) is 65.7 Å². The summed E-state index contributed by atoms with van der Waals surface area (Å²) in [5, 5.41) is 3.47. The number of hydrogen-bond acceptors (Lipinski definition) is 3. The number of halogens is 2. The van der Waals surface area contributed by atoms with E-state index >= 15 is 0 Å². The van der Waals surface area contributed by atoms with Crippen molar-refractivity contribution in [2.24, 2.45) is 0 Å². The Balaban J connectivity index is 1.43. The molecule has 0 aliphatic heterocycles. The Labute approximate surface area is 190 Å². The van der Waals surface area contributed by atoms with Gasteiger partial charge in [-0.2, -0.15) is 0 Å². The molecule has 4 aromatic rings. The molecule has 0 aliphatic rings. The molecule has 5 nitrogen and oxygen atoms in total. The molecule has 0 bridgehead atoms. The molecule has 4 rings (SSSR count). The molecule has 1 heterocycles. The van der Waals surface area contributed by atoms with Crippen LogP contribution < -0.4 is 10.1 Å². The number of aromatic amines is 1. The number of carbonyl (C=O) groups is 1. The normalized spacial score (nSPS) is 10.7. The number of methoxy groups -OCH3 is 1. The topological polar surface area (TPSA) is 67.0 Å². The van der Waals surface area contributed by atoms with Crippen molar-refractivity contribution in [1.82, 2.24) is 15.3 Å². The van der Waals surface area contributed by atoms with Crippen molar-refractivity contribution in [3.05, 3.63) is 94.1 Å². The van der Waals surface area contributed by atoms with E-state index in [-0.39, 0.29) is 10.9 Å². The predicted molar refractivity (Wildman–Crippen MR) is 124 cm³/mol. The van der Waals surface area contributed by atoms with Gasteiger partial charge in [0.1, 0.15) is 11.6 Å². The lowest BCUT2D eigenvalue weighted by molar-refractivity contribution is 0.0951. The van der Waals surface area contributed by atoms with Gasteiger partial charge in [0.15, 0.2) is 0 Å². The predicted octanol–water partition coefficient (Wildman–Crippen LogP) is 5.99. The first kappa shape index (κ1) is 21.0. The van der Waals surface area contributed by atoms with Gasteiger partial charge in [0.05, 0.1) is 34.6 Å². The van der Waals surface area contributed by atoms with E-state index in [9.17, 15) is 4.79 Å². The first-order valence-corrected chi connectivity index (χ1v) is 10.3. The maximum Gasteiger partial charge on any atom is 0.253 e. The van der Waals surface area contributed by atoms with Crippen LogP contribution in [0.3, 0.4) is 0 Å². The van der Waals surface area contributed by atoms with E-state index in [0.717, 1.165) is 34.0 Å². The maximum absolute atomic E-state index is 12.4. The number of hydrogen-bond donors (Lipinski definition) is 2. The number of nitrogens with one attached hydrogen (secondary N) is 2. The highest BCUT2D eigenvalue weighted by atomic mass is 35.5. The smallest absolute Gasteiger partial charge is 0.253 e. The zero-order chi connectivity index (χ0) is 21.8. The lowest BCUT2D eigenvalue weighted by Gasteiger charge is -2.08. The highest BCUT2D eigenvalue weighted by molar-refractivity contribution is 6.43. The SMILES string of the molecule is COc1cccc(-c2cnc(-c3ccc(CNC(=O)c4cccc(Cl)c4Cl)cc3)[nH]2)c1. The number of amides is 1. The number of imidazole rings is 1. The van der Waals surface area contributed by atoms with E-state index in [4.69, 9.17) is 27.9 Å². The Bertz CT molecular complexity index is 1220. The van der Waals surface area contributed by atoms with Crippen LogP contribution in [0.1, 0.15) is 15.9 Å². The van der Waals surface area contributed by atoms with Gasteiger partial charge in [-0.15, -0.1) is 0 Å². The van der Waals surface area contributed by atoms with Crippen molar-refractivity contribution in [3.8, 4) is 28.4 Å². The van der Waals surface area contributed by atoms with E-state index < -0.39 is 0 Å². The van der Waals surface area contributed by atoms with E-state index in [0.29, 0.717) is 17.1 Å². The van der Waals surface area contributed by atoms with Crippen molar-refractivity contribution < 1.29 is 9.53 Å². The molecule has 1 aromatic heterocycles. The van der Waals surface area contributed by atoms with Crippen molar-refractivity contribution in [2.75, 3.05) is 7.11 Å². The molecule has 2 N–H and O–H groups in total. The fraction of sp³-hybridized carbons (Fsp3) is 0.0833. The first-order valence-electron chi connectivity index (χ1n) is 9.56. The number of aromatic nitrogens is 2. The van der Waals surface area contributed by atoms with Gasteiger partial charge < -0.3 is 15.0 Å². The summed E-state index contributed by atoms with van der Waals surface area (Å²) in [6.45, 7) is 0.370. The summed E-state index contributed by atoms with van der Waals surface area (Å²) in [5.41, 5.74) is 4.16. The van der Waals surface area contributed by atoms with Crippen LogP contribution in [0.5, 0.6) is 5.75 Å². The molecular formula is C24H19Cl2N3O2. The van der Waals surface area contributed by atoms with Gasteiger partial charge in [-0.3, -0.25) is 4.79 Å². The molecule has 0 aliphatic carbocycles. The van der Waals surface area contributed by atoms with Crippen LogP contribution in [0.4, 0.5) is 0 Å². The number of carbonyl (C=O) groups excluding carboxylic acids is 1. The van der Waals surface area contributed by atoms with Gasteiger partial charge in [0, 0.05) is 17.7 Å². The van der Waals surface area contributed by atoms with Crippen molar-refractivity contribution in [1.29, 1.82) is 0 Å². The Morgan fingerprint density at radius 2 is 1.81 bits per heavy atom. The number of ether oxygens (including phenoxy) is 1. The number of H-pyrrole nitrogens is 1. The van der Waals surface area contributed by atoms with Gasteiger partial charge in [-0.05, 0) is 29.8 Å². The summed E-state index contributed by atoms with van der Waals surface area (Å²) in [4.78, 5) is 20.2. The first-order chi connectivity index (χ1) is 15.0. The average Bonchev–Trinajstić information content (AvgIpc) is 3.30. The second-order valence-corrected chi connectivity index (χ2v) is 7.64. The monoisotopic (exact) mass is 451 g/mol. The van der Waals surface area contributed by atoms with E-state index in [2.05, 4.69) is 15.3 Å². The van der Waals surface area contributed by atoms with Gasteiger partial charge in [0.25, 0.3) is 5.91 Å². The van der Waals surface area contributed by atoms with Gasteiger partial charge in [0.2, 0.25) is 0 Å². The molecule has 156 valence electrons. The quantitative estimate of drug-likeness (QED) is 0.378. The summed E-state index contributed by atoms with van der Waals surface area (Å²) >= 11 is 12.1. The molecule has 0 fully saturated rings. The minimum atomic E-state index is -0.273. The Morgan fingerprint density at radius 1 is 1.03 bits per heavy atom. The van der Waals surface area contributed by atoms with Crippen LogP contribution in [0.25, 0.3) is 22.6 Å². The Kier molecular flexibility index (Phi) is 6.26. The minimum absolute atomic E-state index is 0.252. The summed E-state index contributed by atoms with van der Waals surface area (Å²) in [7, 11) is 1.64. The number of nitrogens with zero attached hydrogens (tertiary/aromatic N) is 1. The third-order valence-electron chi connectivity index (χ3n) is 4.83. The second-order valence-electron chi connectivity index (χ2n) is 6.86. The molecule has 0 unspecified atom stereocenters. The van der Waals surface area contributed by atoms with Crippen LogP contribution in [0, 0.1) is 0 Å². The summed E-state index contributed by atoms with van der Waals surface area (Å²) in [6, 6.07) is 20.6. The Morgan fingerprint density at radius 3 is 2.58 bits per heavy atom. The van der Waals surface area contributed by atoms with Gasteiger partial charge >= 0.3 is 0 Å². The largest absolute Gasteiger partial charge is 0.497 e. The van der Waals surface area contributed by atoms with Crippen LogP contribution in [0.2, 0.25) is 10.0 Å². The summed E-state index contributed by atoms with van der Waals surface area (Å²) in [5.74, 6) is 1.28. The minimum Gasteiger partial charge on any atom is -0.497 e. The lowest BCUT2D eigenvalue weighted by Crippen LogP contribution is -2.23. The number of rotatable bonds is 6. The summed E-state index contributed by atoms with van der Waals surface area (Å²) < 4.78 is 5.28.